The topological polar surface area (TPSA) is 53.5 Å². The van der Waals surface area contributed by atoms with Gasteiger partial charge in [-0.25, -0.2) is 0 Å². The summed E-state index contributed by atoms with van der Waals surface area (Å²) >= 11 is 0. The molecule has 0 saturated carbocycles. The first-order valence-electron chi connectivity index (χ1n) is 5.47. The number of hydrogen-bond donors (Lipinski definition) is 0. The maximum Gasteiger partial charge on any atom is 0.246 e. The first-order chi connectivity index (χ1) is 8.08. The average Bonchev–Trinajstić information content (AvgIpc) is 2.35. The number of carbonyl (C=O) groups excluding carboxylic acids is 2. The lowest BCUT2D eigenvalue weighted by atomic mass is 10.3. The normalized spacial score (nSPS) is 9.82. The largest absolute Gasteiger partial charge is 0.336 e. The third kappa shape index (κ3) is 3.55. The van der Waals surface area contributed by atoms with Gasteiger partial charge >= 0.3 is 0 Å². The Kier molecular flexibility index (Phi) is 4.63. The monoisotopic (exact) mass is 235 g/mol. The van der Waals surface area contributed by atoms with Crippen LogP contribution in [0.25, 0.3) is 0 Å². The Bertz CT molecular complexity index is 389. The van der Waals surface area contributed by atoms with Crippen LogP contribution in [0.5, 0.6) is 0 Å². The van der Waals surface area contributed by atoms with Gasteiger partial charge in [-0.3, -0.25) is 14.6 Å². The molecule has 0 bridgehead atoms. The molecule has 0 radical (unpaired) electrons. The van der Waals surface area contributed by atoms with E-state index >= 15 is 0 Å². The van der Waals surface area contributed by atoms with Gasteiger partial charge in [-0.2, -0.15) is 0 Å². The number of aryl methyl sites for hydroxylation is 1. The summed E-state index contributed by atoms with van der Waals surface area (Å²) in [7, 11) is 1.67. The van der Waals surface area contributed by atoms with E-state index in [4.69, 9.17) is 0 Å². The number of likely N-dealkylation sites (N-methyl/N-ethyl adjacent to an activating group) is 2. The second-order valence-electron chi connectivity index (χ2n) is 3.78. The van der Waals surface area contributed by atoms with E-state index in [1.54, 1.807) is 13.2 Å². The van der Waals surface area contributed by atoms with Gasteiger partial charge < -0.3 is 9.80 Å². The van der Waals surface area contributed by atoms with Crippen LogP contribution >= 0.6 is 0 Å². The van der Waals surface area contributed by atoms with Crippen molar-refractivity contribution in [1.82, 2.24) is 9.88 Å². The maximum absolute atomic E-state index is 11.9. The molecule has 17 heavy (non-hydrogen) atoms. The molecule has 0 aliphatic rings. The van der Waals surface area contributed by atoms with Crippen LogP contribution < -0.4 is 4.90 Å². The standard InChI is InChI=1S/C12H17N3O2/c1-4-15(9-16)8-12(17)14(3)11-6-5-10(2)13-7-11/h5-7,9H,4,8H2,1-3H3. The number of pyridine rings is 1. The summed E-state index contributed by atoms with van der Waals surface area (Å²) in [5, 5.41) is 0. The Morgan fingerprint density at radius 1 is 1.47 bits per heavy atom. The van der Waals surface area contributed by atoms with E-state index < -0.39 is 0 Å². The third-order valence-corrected chi connectivity index (χ3v) is 2.55. The Labute approximate surface area is 101 Å². The van der Waals surface area contributed by atoms with Crippen LogP contribution in [0.4, 0.5) is 5.69 Å². The molecule has 0 saturated heterocycles. The van der Waals surface area contributed by atoms with E-state index in [0.717, 1.165) is 11.4 Å². The highest BCUT2D eigenvalue weighted by Crippen LogP contribution is 2.11. The molecule has 0 aliphatic heterocycles. The summed E-state index contributed by atoms with van der Waals surface area (Å²) in [6.45, 7) is 4.32. The lowest BCUT2D eigenvalue weighted by Crippen LogP contribution is -2.37. The molecule has 5 heteroatoms. The van der Waals surface area contributed by atoms with Crippen molar-refractivity contribution in [2.75, 3.05) is 25.0 Å². The van der Waals surface area contributed by atoms with Crippen LogP contribution in [0, 0.1) is 6.92 Å². The molecule has 1 rings (SSSR count). The molecule has 2 amide bonds. The van der Waals surface area contributed by atoms with Crippen molar-refractivity contribution in [3.63, 3.8) is 0 Å². The van der Waals surface area contributed by atoms with Crippen molar-refractivity contribution in [2.24, 2.45) is 0 Å². The fourth-order valence-corrected chi connectivity index (χ4v) is 1.31. The highest BCUT2D eigenvalue weighted by atomic mass is 16.2. The Morgan fingerprint density at radius 2 is 2.18 bits per heavy atom. The van der Waals surface area contributed by atoms with E-state index in [-0.39, 0.29) is 12.5 Å². The van der Waals surface area contributed by atoms with Crippen LogP contribution in [0.1, 0.15) is 12.6 Å². The fourth-order valence-electron chi connectivity index (χ4n) is 1.31. The third-order valence-electron chi connectivity index (χ3n) is 2.55. The van der Waals surface area contributed by atoms with Gasteiger partial charge in [-0.05, 0) is 26.0 Å². The quantitative estimate of drug-likeness (QED) is 0.710. The predicted octanol–water partition coefficient (Wildman–Crippen LogP) is 0.831. The summed E-state index contributed by atoms with van der Waals surface area (Å²) in [5.41, 5.74) is 1.63. The molecular weight excluding hydrogens is 218 g/mol. The molecule has 1 aromatic heterocycles. The number of aromatic nitrogens is 1. The molecule has 1 heterocycles. The van der Waals surface area contributed by atoms with Gasteiger partial charge in [0.15, 0.2) is 0 Å². The minimum Gasteiger partial charge on any atom is -0.336 e. The second-order valence-corrected chi connectivity index (χ2v) is 3.78. The number of hydrogen-bond acceptors (Lipinski definition) is 3. The average molecular weight is 235 g/mol. The number of anilines is 1. The summed E-state index contributed by atoms with van der Waals surface area (Å²) in [6, 6.07) is 3.67. The van der Waals surface area contributed by atoms with E-state index in [1.807, 2.05) is 26.0 Å². The smallest absolute Gasteiger partial charge is 0.246 e. The van der Waals surface area contributed by atoms with Crippen LogP contribution in [0.15, 0.2) is 18.3 Å². The van der Waals surface area contributed by atoms with Gasteiger partial charge in [-0.15, -0.1) is 0 Å². The van der Waals surface area contributed by atoms with E-state index in [2.05, 4.69) is 4.98 Å². The zero-order valence-electron chi connectivity index (χ0n) is 10.4. The van der Waals surface area contributed by atoms with Crippen LogP contribution in [0.3, 0.4) is 0 Å². The minimum atomic E-state index is -0.135. The number of amides is 2. The van der Waals surface area contributed by atoms with Gasteiger partial charge in [-0.1, -0.05) is 0 Å². The molecule has 0 aliphatic carbocycles. The lowest BCUT2D eigenvalue weighted by molar-refractivity contribution is -0.126. The Hall–Kier alpha value is -1.91. The van der Waals surface area contributed by atoms with E-state index in [1.165, 1.54) is 9.80 Å². The van der Waals surface area contributed by atoms with Gasteiger partial charge in [0.1, 0.15) is 0 Å². The van der Waals surface area contributed by atoms with Crippen molar-refractivity contribution in [3.8, 4) is 0 Å². The van der Waals surface area contributed by atoms with Gasteiger partial charge in [0.2, 0.25) is 12.3 Å². The molecule has 0 atom stereocenters. The number of carbonyl (C=O) groups is 2. The summed E-state index contributed by atoms with van der Waals surface area (Å²) in [4.78, 5) is 29.5. The Balaban J connectivity index is 2.69. The SMILES string of the molecule is CCN(C=O)CC(=O)N(C)c1ccc(C)nc1. The predicted molar refractivity (Wildman–Crippen MR) is 65.7 cm³/mol. The minimum absolute atomic E-state index is 0.0877. The van der Waals surface area contributed by atoms with Gasteiger partial charge in [0.05, 0.1) is 18.4 Å². The molecule has 0 unspecified atom stereocenters. The van der Waals surface area contributed by atoms with Crippen molar-refractivity contribution in [2.45, 2.75) is 13.8 Å². The van der Waals surface area contributed by atoms with Crippen molar-refractivity contribution >= 4 is 18.0 Å². The number of nitrogens with zero attached hydrogens (tertiary/aromatic N) is 3. The van der Waals surface area contributed by atoms with Crippen molar-refractivity contribution in [3.05, 3.63) is 24.0 Å². The Morgan fingerprint density at radius 3 is 2.65 bits per heavy atom. The van der Waals surface area contributed by atoms with E-state index in [9.17, 15) is 9.59 Å². The zero-order valence-corrected chi connectivity index (χ0v) is 10.4. The molecule has 0 aromatic carbocycles. The van der Waals surface area contributed by atoms with Gasteiger partial charge in [0, 0.05) is 19.3 Å². The van der Waals surface area contributed by atoms with E-state index in [0.29, 0.717) is 13.0 Å². The summed E-state index contributed by atoms with van der Waals surface area (Å²) in [6.07, 6.45) is 2.32. The van der Waals surface area contributed by atoms with Crippen molar-refractivity contribution in [1.29, 1.82) is 0 Å². The van der Waals surface area contributed by atoms with Crippen LogP contribution in [0.2, 0.25) is 0 Å². The second kappa shape index (κ2) is 5.98. The number of rotatable bonds is 5. The summed E-state index contributed by atoms with van der Waals surface area (Å²) in [5.74, 6) is -0.135. The molecule has 5 nitrogen and oxygen atoms in total. The zero-order chi connectivity index (χ0) is 12.8. The molecule has 92 valence electrons. The lowest BCUT2D eigenvalue weighted by Gasteiger charge is -2.21. The van der Waals surface area contributed by atoms with Crippen LogP contribution in [-0.2, 0) is 9.59 Å². The molecule has 0 fully saturated rings. The van der Waals surface area contributed by atoms with Crippen LogP contribution in [-0.4, -0.2) is 42.3 Å². The molecule has 0 spiro atoms. The summed E-state index contributed by atoms with van der Waals surface area (Å²) < 4.78 is 0. The molecule has 1 aromatic rings. The first-order valence-corrected chi connectivity index (χ1v) is 5.47. The van der Waals surface area contributed by atoms with Gasteiger partial charge in [0.25, 0.3) is 0 Å². The van der Waals surface area contributed by atoms with Crippen molar-refractivity contribution < 1.29 is 9.59 Å². The highest BCUT2D eigenvalue weighted by molar-refractivity contribution is 5.94. The molecular formula is C12H17N3O2. The first kappa shape index (κ1) is 13.2. The molecule has 0 N–H and O–H groups in total. The highest BCUT2D eigenvalue weighted by Gasteiger charge is 2.13. The fraction of sp³-hybridized carbons (Fsp3) is 0.417. The maximum atomic E-state index is 11.9.